The number of esters is 1. The van der Waals surface area contributed by atoms with E-state index in [1.54, 1.807) is 24.3 Å². The predicted octanol–water partition coefficient (Wildman–Crippen LogP) is 1.82. The molecule has 47 heavy (non-hydrogen) atoms. The molecule has 0 aliphatic carbocycles. The Labute approximate surface area is 279 Å². The first-order chi connectivity index (χ1) is 22.6. The van der Waals surface area contributed by atoms with Crippen LogP contribution < -0.4 is 32.6 Å². The van der Waals surface area contributed by atoms with E-state index < -0.39 is 11.8 Å². The van der Waals surface area contributed by atoms with E-state index in [0.717, 1.165) is 18.6 Å². The molecule has 3 rings (SSSR count). The zero-order chi connectivity index (χ0) is 34.0. The van der Waals surface area contributed by atoms with Crippen LogP contribution in [-0.2, 0) is 23.9 Å². The van der Waals surface area contributed by atoms with E-state index in [0.29, 0.717) is 74.7 Å². The van der Waals surface area contributed by atoms with Crippen molar-refractivity contribution in [2.45, 2.75) is 81.5 Å². The number of amides is 3. The van der Waals surface area contributed by atoms with Crippen LogP contribution in [0.25, 0.3) is 0 Å². The van der Waals surface area contributed by atoms with E-state index in [1.165, 1.54) is 0 Å². The number of benzene rings is 1. The molecule has 2 aliphatic rings. The Balaban J connectivity index is 1.17. The quantitative estimate of drug-likeness (QED) is 0.0202. The summed E-state index contributed by atoms with van der Waals surface area (Å²) in [5.74, 6) is -0.0549. The molecule has 0 bridgehead atoms. The van der Waals surface area contributed by atoms with Gasteiger partial charge in [0.1, 0.15) is 12.4 Å². The summed E-state index contributed by atoms with van der Waals surface area (Å²) in [6.45, 7) is 1.20. The number of hydrogen-bond donors (Lipinski definition) is 5. The highest BCUT2D eigenvalue weighted by molar-refractivity contribution is 8.00. The highest BCUT2D eigenvalue weighted by atomic mass is 32.2. The van der Waals surface area contributed by atoms with Crippen molar-refractivity contribution in [2.75, 3.05) is 38.7 Å². The average Bonchev–Trinajstić information content (AvgIpc) is 3.59. The van der Waals surface area contributed by atoms with Crippen molar-refractivity contribution in [3.05, 3.63) is 29.8 Å². The van der Waals surface area contributed by atoms with Crippen LogP contribution in [0.3, 0.4) is 0 Å². The van der Waals surface area contributed by atoms with Crippen LogP contribution in [0.5, 0.6) is 5.75 Å². The van der Waals surface area contributed by atoms with E-state index in [-0.39, 0.29) is 67.9 Å². The molecule has 2 aliphatic heterocycles. The van der Waals surface area contributed by atoms with Crippen LogP contribution in [0.4, 0.5) is 4.79 Å². The number of ether oxygens (including phenoxy) is 3. The Bertz CT molecular complexity index is 1230. The number of hydrogen-bond acceptors (Lipinski definition) is 10. The SMILES string of the molecule is NC(=O)[C@H](CCCN=C(N)N)CCC(=O)COCCOCCCC(=O)c1ccc(OC(=O)CCCC[C@@H]2SC[C@@H]3NC(=O)N[C@@H]32)cc1. The number of nitrogens with zero attached hydrogens (tertiary/aromatic N) is 1. The fourth-order valence-electron chi connectivity index (χ4n) is 5.42. The molecule has 0 spiro atoms. The number of aliphatic imine (C=N–C) groups is 1. The second kappa shape index (κ2) is 20.5. The minimum Gasteiger partial charge on any atom is -0.427 e. The molecule has 0 aromatic heterocycles. The van der Waals surface area contributed by atoms with Gasteiger partial charge in [-0.25, -0.2) is 4.79 Å². The van der Waals surface area contributed by atoms with Crippen LogP contribution in [0.1, 0.15) is 74.6 Å². The number of primary amides is 1. The number of thioether (sulfide) groups is 1. The molecular weight excluding hydrogens is 628 g/mol. The molecule has 0 saturated carbocycles. The number of carbonyl (C=O) groups excluding carboxylic acids is 5. The first kappa shape index (κ1) is 37.8. The summed E-state index contributed by atoms with van der Waals surface area (Å²) in [5.41, 5.74) is 16.5. The van der Waals surface area contributed by atoms with E-state index >= 15 is 0 Å². The summed E-state index contributed by atoms with van der Waals surface area (Å²) in [6.07, 6.45) is 5.27. The van der Waals surface area contributed by atoms with Gasteiger partial charge in [0.05, 0.1) is 25.3 Å². The molecule has 15 heteroatoms. The van der Waals surface area contributed by atoms with E-state index in [9.17, 15) is 24.0 Å². The molecule has 4 atom stereocenters. The van der Waals surface area contributed by atoms with Crippen molar-refractivity contribution in [1.29, 1.82) is 0 Å². The van der Waals surface area contributed by atoms with Crippen LogP contribution in [0.15, 0.2) is 29.3 Å². The van der Waals surface area contributed by atoms with Gasteiger partial charge in [-0.05, 0) is 62.8 Å². The monoisotopic (exact) mass is 676 g/mol. The summed E-state index contributed by atoms with van der Waals surface area (Å²) < 4.78 is 16.3. The molecule has 2 saturated heterocycles. The van der Waals surface area contributed by atoms with Gasteiger partial charge in [0.25, 0.3) is 0 Å². The standard InChI is InChI=1S/C32H48N6O8S/c33-30(42)22(5-3-15-36-31(34)35)9-12-23(39)19-45-18-17-44-16-4-6-26(40)21-10-13-24(14-11-21)46-28(41)8-2-1-7-27-29-25(20-47-27)37-32(43)38-29/h10-11,13-14,22,25,27,29H,1-9,12,15-20H2,(H2,33,42)(H4,34,35,36)(H2,37,38,43)/t22-,25+,27+,29+/m1/s1. The molecule has 3 amide bonds. The van der Waals surface area contributed by atoms with Crippen molar-refractivity contribution < 1.29 is 38.2 Å². The predicted molar refractivity (Wildman–Crippen MR) is 178 cm³/mol. The smallest absolute Gasteiger partial charge is 0.315 e. The van der Waals surface area contributed by atoms with Gasteiger partial charge < -0.3 is 42.0 Å². The molecule has 1 aromatic carbocycles. The van der Waals surface area contributed by atoms with Gasteiger partial charge in [0.15, 0.2) is 17.5 Å². The van der Waals surface area contributed by atoms with E-state index in [4.69, 9.17) is 31.4 Å². The number of nitrogens with two attached hydrogens (primary N) is 3. The van der Waals surface area contributed by atoms with Crippen molar-refractivity contribution in [3.63, 3.8) is 0 Å². The number of carbonyl (C=O) groups is 5. The Morgan fingerprint density at radius 1 is 0.894 bits per heavy atom. The first-order valence-electron chi connectivity index (χ1n) is 16.2. The summed E-state index contributed by atoms with van der Waals surface area (Å²) in [4.78, 5) is 63.9. The molecule has 2 heterocycles. The van der Waals surface area contributed by atoms with Crippen LogP contribution in [-0.4, -0.2) is 91.5 Å². The third-order valence-electron chi connectivity index (χ3n) is 7.97. The zero-order valence-corrected chi connectivity index (χ0v) is 27.6. The van der Waals surface area contributed by atoms with Crippen molar-refractivity contribution in [3.8, 4) is 5.75 Å². The molecule has 14 nitrogen and oxygen atoms in total. The van der Waals surface area contributed by atoms with Gasteiger partial charge in [-0.1, -0.05) is 6.42 Å². The maximum absolute atomic E-state index is 12.5. The normalized spacial score (nSPS) is 18.9. The Morgan fingerprint density at radius 3 is 2.40 bits per heavy atom. The van der Waals surface area contributed by atoms with E-state index in [1.807, 2.05) is 11.8 Å². The minimum atomic E-state index is -0.455. The second-order valence-electron chi connectivity index (χ2n) is 11.7. The fraction of sp³-hybridized carbons (Fsp3) is 0.625. The summed E-state index contributed by atoms with van der Waals surface area (Å²) >= 11 is 1.86. The third kappa shape index (κ3) is 14.3. The number of rotatable bonds is 24. The number of Topliss-reactive ketones (excluding diaryl/α,β-unsaturated/α-hetero) is 2. The lowest BCUT2D eigenvalue weighted by Gasteiger charge is -2.16. The Morgan fingerprint density at radius 2 is 1.66 bits per heavy atom. The Hall–Kier alpha value is -3.69. The number of ketones is 2. The fourth-order valence-corrected chi connectivity index (χ4v) is 6.96. The van der Waals surface area contributed by atoms with E-state index in [2.05, 4.69) is 15.6 Å². The van der Waals surface area contributed by atoms with Crippen LogP contribution >= 0.6 is 11.8 Å². The topological polar surface area (TPSA) is 228 Å². The van der Waals surface area contributed by atoms with Crippen LogP contribution in [0, 0.1) is 5.92 Å². The molecule has 0 radical (unpaired) electrons. The Kier molecular flexibility index (Phi) is 16.5. The lowest BCUT2D eigenvalue weighted by molar-refractivity contribution is -0.134. The van der Waals surface area contributed by atoms with Gasteiger partial charge in [0.2, 0.25) is 5.91 Å². The number of nitrogens with one attached hydrogen (secondary N) is 2. The van der Waals surface area contributed by atoms with Gasteiger partial charge >= 0.3 is 12.0 Å². The maximum atomic E-state index is 12.5. The molecule has 0 unspecified atom stereocenters. The first-order valence-corrected chi connectivity index (χ1v) is 17.2. The molecule has 260 valence electrons. The summed E-state index contributed by atoms with van der Waals surface area (Å²) in [7, 11) is 0. The third-order valence-corrected chi connectivity index (χ3v) is 9.48. The number of urea groups is 1. The van der Waals surface area contributed by atoms with Crippen molar-refractivity contribution in [1.82, 2.24) is 10.6 Å². The number of fused-ring (bicyclic) bond motifs is 1. The highest BCUT2D eigenvalue weighted by Gasteiger charge is 2.42. The minimum absolute atomic E-state index is 0.00879. The lowest BCUT2D eigenvalue weighted by atomic mass is 9.96. The van der Waals surface area contributed by atoms with Gasteiger partial charge in [0, 0.05) is 54.9 Å². The molecule has 2 fully saturated rings. The summed E-state index contributed by atoms with van der Waals surface area (Å²) in [5, 5.41) is 6.28. The van der Waals surface area contributed by atoms with Crippen molar-refractivity contribution >= 4 is 47.2 Å². The maximum Gasteiger partial charge on any atom is 0.315 e. The van der Waals surface area contributed by atoms with Crippen molar-refractivity contribution in [2.24, 2.45) is 28.1 Å². The van der Waals surface area contributed by atoms with Gasteiger partial charge in [-0.2, -0.15) is 11.8 Å². The molecular formula is C32H48N6O8S. The largest absolute Gasteiger partial charge is 0.427 e. The number of guanidine groups is 1. The zero-order valence-electron chi connectivity index (χ0n) is 26.8. The highest BCUT2D eigenvalue weighted by Crippen LogP contribution is 2.33. The second-order valence-corrected chi connectivity index (χ2v) is 13.0. The van der Waals surface area contributed by atoms with Gasteiger partial charge in [-0.3, -0.25) is 24.2 Å². The summed E-state index contributed by atoms with van der Waals surface area (Å²) in [6, 6.07) is 6.80. The average molecular weight is 677 g/mol. The van der Waals surface area contributed by atoms with Gasteiger partial charge in [-0.15, -0.1) is 0 Å². The number of unbranched alkanes of at least 4 members (excludes halogenated alkanes) is 1. The lowest BCUT2D eigenvalue weighted by Crippen LogP contribution is -2.36. The molecule has 8 N–H and O–H groups in total. The van der Waals surface area contributed by atoms with Crippen LogP contribution in [0.2, 0.25) is 0 Å². The molecule has 1 aromatic rings.